The summed E-state index contributed by atoms with van der Waals surface area (Å²) in [7, 11) is 0. The average Bonchev–Trinajstić information content (AvgIpc) is 2.39. The number of aliphatic carboxylic acids is 1. The minimum Gasteiger partial charge on any atom is -0.481 e. The van der Waals surface area contributed by atoms with Crippen LogP contribution in [-0.4, -0.2) is 41.2 Å². The van der Waals surface area contributed by atoms with E-state index in [-0.39, 0.29) is 18.5 Å². The molecule has 118 valence electrons. The number of urea groups is 1. The van der Waals surface area contributed by atoms with Crippen molar-refractivity contribution >= 4 is 23.8 Å². The second kappa shape index (κ2) is 11.9. The topological polar surface area (TPSA) is 78.4 Å². The lowest BCUT2D eigenvalue weighted by Crippen LogP contribution is -2.42. The van der Waals surface area contributed by atoms with Crippen LogP contribution < -0.4 is 10.6 Å². The highest BCUT2D eigenvalue weighted by atomic mass is 32.2. The van der Waals surface area contributed by atoms with Crippen molar-refractivity contribution in [3.05, 3.63) is 0 Å². The van der Waals surface area contributed by atoms with Crippen LogP contribution in [0.5, 0.6) is 0 Å². The normalized spacial score (nSPS) is 13.6. The molecular weight excluding hydrogens is 276 g/mol. The molecule has 0 fully saturated rings. The minimum absolute atomic E-state index is 0.137. The first-order valence-corrected chi connectivity index (χ1v) is 8.48. The standard InChI is InChI=1S/C14H28N2O3S/c1-4-12(6-7-13(17)18)8-9-15-14(19)16-11(3)10-20-5-2/h11-12H,4-10H2,1-3H3,(H,17,18)(H2,15,16,19). The Bertz CT molecular complexity index is 288. The van der Waals surface area contributed by atoms with E-state index in [0.717, 1.165) is 24.3 Å². The first-order chi connectivity index (χ1) is 9.49. The van der Waals surface area contributed by atoms with Crippen LogP contribution in [-0.2, 0) is 4.79 Å². The van der Waals surface area contributed by atoms with Crippen LogP contribution in [0.15, 0.2) is 0 Å². The number of carbonyl (C=O) groups excluding carboxylic acids is 1. The zero-order chi connectivity index (χ0) is 15.4. The summed E-state index contributed by atoms with van der Waals surface area (Å²) in [5.74, 6) is 1.58. The van der Waals surface area contributed by atoms with E-state index in [1.54, 1.807) is 11.8 Å². The molecule has 20 heavy (non-hydrogen) atoms. The van der Waals surface area contributed by atoms with Crippen molar-refractivity contribution in [1.29, 1.82) is 0 Å². The van der Waals surface area contributed by atoms with E-state index < -0.39 is 5.97 Å². The van der Waals surface area contributed by atoms with Gasteiger partial charge < -0.3 is 15.7 Å². The fourth-order valence-corrected chi connectivity index (χ4v) is 2.55. The van der Waals surface area contributed by atoms with E-state index in [0.29, 0.717) is 18.9 Å². The molecule has 2 atom stereocenters. The van der Waals surface area contributed by atoms with Crippen LogP contribution in [0.1, 0.15) is 46.5 Å². The molecule has 0 aromatic heterocycles. The van der Waals surface area contributed by atoms with Crippen LogP contribution in [0.25, 0.3) is 0 Å². The fraction of sp³-hybridized carbons (Fsp3) is 0.857. The summed E-state index contributed by atoms with van der Waals surface area (Å²) >= 11 is 1.80. The Hall–Kier alpha value is -0.910. The lowest BCUT2D eigenvalue weighted by Gasteiger charge is -2.16. The maximum atomic E-state index is 11.6. The molecule has 0 bridgehead atoms. The Morgan fingerprint density at radius 3 is 2.50 bits per heavy atom. The van der Waals surface area contributed by atoms with Gasteiger partial charge in [0.1, 0.15) is 0 Å². The molecule has 0 aliphatic rings. The minimum atomic E-state index is -0.753. The van der Waals surface area contributed by atoms with Crippen molar-refractivity contribution in [3.63, 3.8) is 0 Å². The van der Waals surface area contributed by atoms with Gasteiger partial charge >= 0.3 is 12.0 Å². The summed E-state index contributed by atoms with van der Waals surface area (Å²) < 4.78 is 0. The molecule has 0 saturated heterocycles. The van der Waals surface area contributed by atoms with Gasteiger partial charge in [-0.1, -0.05) is 20.3 Å². The van der Waals surface area contributed by atoms with Crippen molar-refractivity contribution < 1.29 is 14.7 Å². The van der Waals surface area contributed by atoms with Crippen molar-refractivity contribution in [2.45, 2.75) is 52.5 Å². The van der Waals surface area contributed by atoms with Gasteiger partial charge in [-0.2, -0.15) is 11.8 Å². The van der Waals surface area contributed by atoms with Gasteiger partial charge in [-0.3, -0.25) is 4.79 Å². The number of nitrogens with one attached hydrogen (secondary N) is 2. The van der Waals surface area contributed by atoms with Crippen molar-refractivity contribution in [3.8, 4) is 0 Å². The van der Waals surface area contributed by atoms with E-state index in [2.05, 4.69) is 24.5 Å². The van der Waals surface area contributed by atoms with Gasteiger partial charge in [0.15, 0.2) is 0 Å². The molecule has 0 radical (unpaired) electrons. The highest BCUT2D eigenvalue weighted by Crippen LogP contribution is 2.14. The zero-order valence-electron chi connectivity index (χ0n) is 12.8. The number of hydrogen-bond acceptors (Lipinski definition) is 3. The molecule has 0 aromatic carbocycles. The third kappa shape index (κ3) is 11.0. The molecule has 0 saturated carbocycles. The molecule has 0 aromatic rings. The van der Waals surface area contributed by atoms with Crippen LogP contribution >= 0.6 is 11.8 Å². The lowest BCUT2D eigenvalue weighted by atomic mass is 9.97. The number of rotatable bonds is 11. The SMILES string of the molecule is CCSCC(C)NC(=O)NCCC(CC)CCC(=O)O. The number of thioether (sulfide) groups is 1. The number of hydrogen-bond donors (Lipinski definition) is 3. The number of carbonyl (C=O) groups is 2. The fourth-order valence-electron chi connectivity index (χ4n) is 1.88. The largest absolute Gasteiger partial charge is 0.481 e. The first kappa shape index (κ1) is 19.1. The molecule has 0 aliphatic carbocycles. The van der Waals surface area contributed by atoms with Gasteiger partial charge in [-0.05, 0) is 31.4 Å². The van der Waals surface area contributed by atoms with Gasteiger partial charge in [0.2, 0.25) is 0 Å². The summed E-state index contributed by atoms with van der Waals surface area (Å²) in [6.45, 7) is 6.73. The maximum absolute atomic E-state index is 11.6. The van der Waals surface area contributed by atoms with Crippen LogP contribution in [0.4, 0.5) is 4.79 Å². The number of carboxylic acid groups (broad SMARTS) is 1. The van der Waals surface area contributed by atoms with E-state index >= 15 is 0 Å². The molecule has 5 nitrogen and oxygen atoms in total. The molecule has 2 amide bonds. The molecule has 0 aliphatic heterocycles. The predicted octanol–water partition coefficient (Wildman–Crippen LogP) is 2.71. The van der Waals surface area contributed by atoms with E-state index in [4.69, 9.17) is 5.11 Å². The molecule has 0 spiro atoms. The summed E-state index contributed by atoms with van der Waals surface area (Å²) in [6, 6.07) is 0.0243. The molecule has 0 heterocycles. The third-order valence-corrected chi connectivity index (χ3v) is 4.28. The van der Waals surface area contributed by atoms with E-state index in [1.807, 2.05) is 6.92 Å². The summed E-state index contributed by atoms with van der Waals surface area (Å²) in [5.41, 5.74) is 0. The van der Waals surface area contributed by atoms with Crippen molar-refractivity contribution in [2.75, 3.05) is 18.1 Å². The Morgan fingerprint density at radius 1 is 1.25 bits per heavy atom. The Morgan fingerprint density at radius 2 is 1.95 bits per heavy atom. The van der Waals surface area contributed by atoms with Crippen LogP contribution in [0.3, 0.4) is 0 Å². The lowest BCUT2D eigenvalue weighted by molar-refractivity contribution is -0.137. The van der Waals surface area contributed by atoms with Gasteiger partial charge in [-0.25, -0.2) is 4.79 Å². The van der Waals surface area contributed by atoms with Gasteiger partial charge in [0.05, 0.1) is 0 Å². The quantitative estimate of drug-likeness (QED) is 0.548. The number of amides is 2. The average molecular weight is 304 g/mol. The van der Waals surface area contributed by atoms with Gasteiger partial charge in [0.25, 0.3) is 0 Å². The summed E-state index contributed by atoms with van der Waals surface area (Å²) in [4.78, 5) is 22.2. The number of carboxylic acids is 1. The van der Waals surface area contributed by atoms with Gasteiger partial charge in [0, 0.05) is 24.8 Å². The van der Waals surface area contributed by atoms with Crippen LogP contribution in [0.2, 0.25) is 0 Å². The zero-order valence-corrected chi connectivity index (χ0v) is 13.6. The Balaban J connectivity index is 3.74. The maximum Gasteiger partial charge on any atom is 0.315 e. The first-order valence-electron chi connectivity index (χ1n) is 7.33. The second-order valence-corrected chi connectivity index (χ2v) is 6.28. The summed E-state index contributed by atoms with van der Waals surface area (Å²) in [6.07, 6.45) is 2.66. The van der Waals surface area contributed by atoms with Gasteiger partial charge in [-0.15, -0.1) is 0 Å². The molecular formula is C14H28N2O3S. The molecule has 3 N–H and O–H groups in total. The molecule has 0 rings (SSSR count). The van der Waals surface area contributed by atoms with E-state index in [9.17, 15) is 9.59 Å². The van der Waals surface area contributed by atoms with E-state index in [1.165, 1.54) is 0 Å². The monoisotopic (exact) mass is 304 g/mol. The highest BCUT2D eigenvalue weighted by molar-refractivity contribution is 7.99. The Labute approximate surface area is 126 Å². The van der Waals surface area contributed by atoms with Crippen molar-refractivity contribution in [1.82, 2.24) is 10.6 Å². The highest BCUT2D eigenvalue weighted by Gasteiger charge is 2.10. The third-order valence-electron chi connectivity index (χ3n) is 3.13. The molecule has 6 heteroatoms. The summed E-state index contributed by atoms with van der Waals surface area (Å²) in [5, 5.41) is 14.4. The smallest absolute Gasteiger partial charge is 0.315 e. The van der Waals surface area contributed by atoms with Crippen molar-refractivity contribution in [2.24, 2.45) is 5.92 Å². The second-order valence-electron chi connectivity index (χ2n) is 4.96. The molecule has 2 unspecified atom stereocenters. The predicted molar refractivity (Wildman–Crippen MR) is 84.3 cm³/mol. The van der Waals surface area contributed by atoms with Crippen LogP contribution in [0, 0.1) is 5.92 Å². The Kier molecular flexibility index (Phi) is 11.3.